The molecule has 0 radical (unpaired) electrons. The molecule has 6 heteroatoms. The zero-order chi connectivity index (χ0) is 16.4. The Morgan fingerprint density at radius 3 is 2.96 bits per heavy atom. The van der Waals surface area contributed by atoms with Crippen LogP contribution in [0.1, 0.15) is 34.1 Å². The minimum atomic E-state index is -0.663. The number of pyridine rings is 1. The Hall–Kier alpha value is -2.78. The van der Waals surface area contributed by atoms with Crippen molar-refractivity contribution in [3.8, 4) is 6.07 Å². The lowest BCUT2D eigenvalue weighted by molar-refractivity contribution is 0.0715. The van der Waals surface area contributed by atoms with Crippen molar-refractivity contribution in [2.75, 3.05) is 6.54 Å². The van der Waals surface area contributed by atoms with Gasteiger partial charge in [0.2, 0.25) is 0 Å². The number of carbonyl (C=O) groups is 1. The van der Waals surface area contributed by atoms with Crippen LogP contribution < -0.4 is 0 Å². The lowest BCUT2D eigenvalue weighted by Crippen LogP contribution is -2.31. The second-order valence-electron chi connectivity index (χ2n) is 5.46. The van der Waals surface area contributed by atoms with Gasteiger partial charge in [0.25, 0.3) is 5.91 Å². The molecule has 1 N–H and O–H groups in total. The number of aliphatic hydroxyl groups excluding tert-OH is 1. The lowest BCUT2D eigenvalue weighted by atomic mass is 10.0. The Bertz CT molecular complexity index is 787. The number of β-amino-alcohol motifs (C(OH)–C–C–N with tert-alkyl or cyclic N) is 1. The molecule has 1 saturated heterocycles. The molecule has 2 heterocycles. The van der Waals surface area contributed by atoms with Crippen LogP contribution in [0, 0.1) is 17.1 Å². The fourth-order valence-electron chi connectivity index (χ4n) is 2.86. The van der Waals surface area contributed by atoms with E-state index in [2.05, 4.69) is 4.98 Å². The van der Waals surface area contributed by atoms with Gasteiger partial charge < -0.3 is 10.0 Å². The van der Waals surface area contributed by atoms with E-state index in [1.807, 2.05) is 6.07 Å². The smallest absolute Gasteiger partial charge is 0.254 e. The molecule has 0 saturated carbocycles. The van der Waals surface area contributed by atoms with Crippen LogP contribution in [0.4, 0.5) is 4.39 Å². The number of hydrogen-bond acceptors (Lipinski definition) is 4. The van der Waals surface area contributed by atoms with Crippen LogP contribution in [0.25, 0.3) is 0 Å². The summed E-state index contributed by atoms with van der Waals surface area (Å²) in [6.07, 6.45) is 1.09. The maximum absolute atomic E-state index is 13.5. The van der Waals surface area contributed by atoms with Gasteiger partial charge in [-0.3, -0.25) is 4.79 Å². The minimum Gasteiger partial charge on any atom is -0.391 e. The molecule has 5 nitrogen and oxygen atoms in total. The molecule has 1 aromatic heterocycles. The molecule has 1 fully saturated rings. The third-order valence-electron chi connectivity index (χ3n) is 3.89. The Morgan fingerprint density at radius 2 is 2.22 bits per heavy atom. The number of carbonyl (C=O) groups excluding carboxylic acids is 1. The van der Waals surface area contributed by atoms with Crippen molar-refractivity contribution in [3.05, 3.63) is 65.2 Å². The highest BCUT2D eigenvalue weighted by atomic mass is 19.1. The molecule has 0 unspecified atom stereocenters. The van der Waals surface area contributed by atoms with Crippen molar-refractivity contribution in [2.24, 2.45) is 0 Å². The molecule has 3 rings (SSSR count). The van der Waals surface area contributed by atoms with Crippen LogP contribution in [-0.2, 0) is 0 Å². The Kier molecular flexibility index (Phi) is 4.04. The van der Waals surface area contributed by atoms with Gasteiger partial charge in [0, 0.05) is 18.3 Å². The maximum Gasteiger partial charge on any atom is 0.254 e. The summed E-state index contributed by atoms with van der Waals surface area (Å²) >= 11 is 0. The van der Waals surface area contributed by atoms with E-state index in [0.29, 0.717) is 17.5 Å². The van der Waals surface area contributed by atoms with Crippen molar-refractivity contribution in [3.63, 3.8) is 0 Å². The number of likely N-dealkylation sites (tertiary alicyclic amines) is 1. The number of aliphatic hydroxyl groups is 1. The van der Waals surface area contributed by atoms with Gasteiger partial charge in [-0.1, -0.05) is 12.1 Å². The maximum atomic E-state index is 13.5. The van der Waals surface area contributed by atoms with Crippen LogP contribution >= 0.6 is 0 Å². The summed E-state index contributed by atoms with van der Waals surface area (Å²) in [7, 11) is 0. The molecule has 116 valence electrons. The molecular weight excluding hydrogens is 297 g/mol. The average Bonchev–Trinajstić information content (AvgIpc) is 2.96. The fourth-order valence-corrected chi connectivity index (χ4v) is 2.86. The summed E-state index contributed by atoms with van der Waals surface area (Å²) in [6.45, 7) is 0.171. The van der Waals surface area contributed by atoms with Gasteiger partial charge in [-0.05, 0) is 36.2 Å². The number of hydrogen-bond donors (Lipinski definition) is 1. The van der Waals surface area contributed by atoms with E-state index in [-0.39, 0.29) is 24.0 Å². The molecule has 2 atom stereocenters. The number of aromatic nitrogens is 1. The number of halogens is 1. The van der Waals surface area contributed by atoms with Crippen molar-refractivity contribution >= 4 is 5.91 Å². The van der Waals surface area contributed by atoms with Gasteiger partial charge in [-0.25, -0.2) is 9.37 Å². The number of benzene rings is 1. The van der Waals surface area contributed by atoms with Crippen LogP contribution in [0.15, 0.2) is 42.6 Å². The molecule has 1 aliphatic rings. The third-order valence-corrected chi connectivity index (χ3v) is 3.89. The first-order valence-electron chi connectivity index (χ1n) is 7.19. The fraction of sp³-hybridized carbons (Fsp3) is 0.235. The van der Waals surface area contributed by atoms with E-state index in [1.165, 1.54) is 35.4 Å². The summed E-state index contributed by atoms with van der Waals surface area (Å²) in [6, 6.07) is 10.5. The highest BCUT2D eigenvalue weighted by Gasteiger charge is 2.35. The normalized spacial score (nSPS) is 20.3. The SMILES string of the molecule is N#Cc1cc(C(=O)N2C[C@@H](O)C[C@H]2c2cccc(F)c2)ccn1. The Labute approximate surface area is 132 Å². The van der Waals surface area contributed by atoms with Crippen molar-refractivity contribution in [2.45, 2.75) is 18.6 Å². The molecule has 1 amide bonds. The number of amides is 1. The van der Waals surface area contributed by atoms with Gasteiger partial charge in [0.05, 0.1) is 12.1 Å². The van der Waals surface area contributed by atoms with Gasteiger partial charge in [-0.15, -0.1) is 0 Å². The zero-order valence-electron chi connectivity index (χ0n) is 12.2. The monoisotopic (exact) mass is 311 g/mol. The average molecular weight is 311 g/mol. The zero-order valence-corrected chi connectivity index (χ0v) is 12.2. The molecule has 1 aromatic carbocycles. The summed E-state index contributed by atoms with van der Waals surface area (Å²) in [5.41, 5.74) is 1.12. The van der Waals surface area contributed by atoms with E-state index < -0.39 is 12.1 Å². The van der Waals surface area contributed by atoms with Crippen molar-refractivity contribution < 1.29 is 14.3 Å². The van der Waals surface area contributed by atoms with Crippen LogP contribution in [0.2, 0.25) is 0 Å². The second kappa shape index (κ2) is 6.15. The number of nitrogens with zero attached hydrogens (tertiary/aromatic N) is 3. The quantitative estimate of drug-likeness (QED) is 0.920. The molecule has 0 bridgehead atoms. The molecule has 0 aliphatic carbocycles. The standard InChI is InChI=1S/C17H14FN3O2/c18-13-3-1-2-11(6-13)16-8-15(22)10-21(16)17(23)12-4-5-20-14(7-12)9-19/h1-7,15-16,22H,8,10H2/t15-,16-/m0/s1. The van der Waals surface area contributed by atoms with E-state index in [1.54, 1.807) is 12.1 Å². The molecule has 1 aliphatic heterocycles. The Balaban J connectivity index is 1.93. The predicted octanol–water partition coefficient (Wildman–Crippen LogP) is 2.04. The molecule has 23 heavy (non-hydrogen) atoms. The van der Waals surface area contributed by atoms with E-state index in [9.17, 15) is 14.3 Å². The van der Waals surface area contributed by atoms with E-state index in [0.717, 1.165) is 0 Å². The molecular formula is C17H14FN3O2. The van der Waals surface area contributed by atoms with E-state index in [4.69, 9.17) is 5.26 Å². The highest BCUT2D eigenvalue weighted by Crippen LogP contribution is 2.33. The second-order valence-corrected chi connectivity index (χ2v) is 5.46. The molecule has 0 spiro atoms. The van der Waals surface area contributed by atoms with Crippen molar-refractivity contribution in [1.29, 1.82) is 5.26 Å². The predicted molar refractivity (Wildman–Crippen MR) is 79.8 cm³/mol. The minimum absolute atomic E-state index is 0.151. The van der Waals surface area contributed by atoms with Crippen LogP contribution in [-0.4, -0.2) is 33.5 Å². The lowest BCUT2D eigenvalue weighted by Gasteiger charge is -2.25. The first-order valence-corrected chi connectivity index (χ1v) is 7.19. The molecule has 2 aromatic rings. The van der Waals surface area contributed by atoms with Crippen LogP contribution in [0.5, 0.6) is 0 Å². The Morgan fingerprint density at radius 1 is 1.39 bits per heavy atom. The first-order chi connectivity index (χ1) is 11.1. The summed E-state index contributed by atoms with van der Waals surface area (Å²) < 4.78 is 13.5. The van der Waals surface area contributed by atoms with Crippen LogP contribution in [0.3, 0.4) is 0 Å². The van der Waals surface area contributed by atoms with E-state index >= 15 is 0 Å². The number of rotatable bonds is 2. The first kappa shape index (κ1) is 15.1. The topological polar surface area (TPSA) is 77.2 Å². The van der Waals surface area contributed by atoms with Gasteiger partial charge in [0.1, 0.15) is 17.6 Å². The van der Waals surface area contributed by atoms with Gasteiger partial charge in [-0.2, -0.15) is 5.26 Å². The van der Waals surface area contributed by atoms with Gasteiger partial charge >= 0.3 is 0 Å². The largest absolute Gasteiger partial charge is 0.391 e. The number of nitriles is 1. The summed E-state index contributed by atoms with van der Waals surface area (Å²) in [4.78, 5) is 18.1. The highest BCUT2D eigenvalue weighted by molar-refractivity contribution is 5.94. The van der Waals surface area contributed by atoms with Gasteiger partial charge in [0.15, 0.2) is 0 Å². The summed E-state index contributed by atoms with van der Waals surface area (Å²) in [5, 5.41) is 18.8. The summed E-state index contributed by atoms with van der Waals surface area (Å²) in [5.74, 6) is -0.693. The van der Waals surface area contributed by atoms with Crippen molar-refractivity contribution in [1.82, 2.24) is 9.88 Å². The third kappa shape index (κ3) is 3.05.